The maximum Gasteiger partial charge on any atom is 0.261 e. The lowest BCUT2D eigenvalue weighted by atomic mass is 10.1. The number of furan rings is 1. The van der Waals surface area contributed by atoms with E-state index in [-0.39, 0.29) is 5.91 Å². The zero-order valence-electron chi connectivity index (χ0n) is 13.7. The summed E-state index contributed by atoms with van der Waals surface area (Å²) in [6, 6.07) is 8.99. The van der Waals surface area contributed by atoms with E-state index in [9.17, 15) is 4.79 Å². The van der Waals surface area contributed by atoms with E-state index in [0.29, 0.717) is 27.2 Å². The monoisotopic (exact) mass is 393 g/mol. The normalized spacial score (nSPS) is 10.8. The molecule has 0 saturated heterocycles. The highest BCUT2D eigenvalue weighted by molar-refractivity contribution is 8.01. The van der Waals surface area contributed by atoms with Gasteiger partial charge in [0.1, 0.15) is 11.5 Å². The number of anilines is 1. The highest BCUT2D eigenvalue weighted by atomic mass is 35.5. The first-order valence-corrected chi connectivity index (χ1v) is 9.89. The van der Waals surface area contributed by atoms with Crippen LogP contribution in [0.1, 0.15) is 29.5 Å². The number of thioether (sulfide) groups is 1. The first-order chi connectivity index (χ1) is 12.1. The number of aryl methyl sites for hydroxylation is 1. The second-order valence-corrected chi connectivity index (χ2v) is 8.02. The Labute approximate surface area is 158 Å². The molecule has 0 radical (unpaired) electrons. The summed E-state index contributed by atoms with van der Waals surface area (Å²) in [7, 11) is 0. The molecule has 1 aromatic carbocycles. The second kappa shape index (κ2) is 8.03. The van der Waals surface area contributed by atoms with Crippen LogP contribution in [0.3, 0.4) is 0 Å². The SMILES string of the molecule is CCCSc1nnc(NC(=O)c2cc(-c3ccc(Cl)cc3)oc2C)s1. The fourth-order valence-electron chi connectivity index (χ4n) is 2.14. The van der Waals surface area contributed by atoms with Gasteiger partial charge in [-0.2, -0.15) is 0 Å². The van der Waals surface area contributed by atoms with Crippen LogP contribution in [0.2, 0.25) is 5.02 Å². The van der Waals surface area contributed by atoms with Gasteiger partial charge in [0, 0.05) is 16.3 Å². The predicted octanol–water partition coefficient (Wildman–Crippen LogP) is 5.51. The van der Waals surface area contributed by atoms with Crippen LogP contribution in [-0.2, 0) is 0 Å². The number of halogens is 1. The molecule has 0 aliphatic heterocycles. The Bertz CT molecular complexity index is 874. The van der Waals surface area contributed by atoms with Crippen molar-refractivity contribution in [2.75, 3.05) is 11.1 Å². The van der Waals surface area contributed by atoms with E-state index in [1.807, 2.05) is 12.1 Å². The third-order valence-electron chi connectivity index (χ3n) is 3.35. The summed E-state index contributed by atoms with van der Waals surface area (Å²) in [5.74, 6) is 1.89. The number of hydrogen-bond acceptors (Lipinski definition) is 6. The van der Waals surface area contributed by atoms with Crippen LogP contribution in [0.25, 0.3) is 11.3 Å². The number of nitrogens with zero attached hydrogens (tertiary/aromatic N) is 2. The number of rotatable bonds is 6. The molecule has 2 aromatic heterocycles. The Morgan fingerprint density at radius 2 is 2.08 bits per heavy atom. The molecular weight excluding hydrogens is 378 g/mol. The molecule has 1 N–H and O–H groups in total. The Hall–Kier alpha value is -1.83. The summed E-state index contributed by atoms with van der Waals surface area (Å²) < 4.78 is 6.57. The van der Waals surface area contributed by atoms with Crippen molar-refractivity contribution >= 4 is 45.7 Å². The molecule has 1 amide bonds. The fraction of sp³-hybridized carbons (Fsp3) is 0.235. The van der Waals surface area contributed by atoms with Crippen LogP contribution in [0.5, 0.6) is 0 Å². The van der Waals surface area contributed by atoms with Gasteiger partial charge in [0.25, 0.3) is 5.91 Å². The molecule has 0 aliphatic carbocycles. The van der Waals surface area contributed by atoms with E-state index in [4.69, 9.17) is 16.0 Å². The molecule has 3 rings (SSSR count). The van der Waals surface area contributed by atoms with Crippen LogP contribution in [-0.4, -0.2) is 21.9 Å². The van der Waals surface area contributed by atoms with Crippen molar-refractivity contribution in [1.29, 1.82) is 0 Å². The van der Waals surface area contributed by atoms with Crippen LogP contribution < -0.4 is 5.32 Å². The Morgan fingerprint density at radius 3 is 2.80 bits per heavy atom. The summed E-state index contributed by atoms with van der Waals surface area (Å²) in [6.07, 6.45) is 1.06. The van der Waals surface area contributed by atoms with Crippen molar-refractivity contribution in [1.82, 2.24) is 10.2 Å². The minimum Gasteiger partial charge on any atom is -0.461 e. The van der Waals surface area contributed by atoms with Gasteiger partial charge < -0.3 is 4.42 Å². The second-order valence-electron chi connectivity index (χ2n) is 5.26. The van der Waals surface area contributed by atoms with E-state index in [0.717, 1.165) is 22.1 Å². The number of carbonyl (C=O) groups is 1. The number of amides is 1. The van der Waals surface area contributed by atoms with E-state index < -0.39 is 0 Å². The third kappa shape index (κ3) is 4.42. The largest absolute Gasteiger partial charge is 0.461 e. The molecule has 0 aliphatic rings. The van der Waals surface area contributed by atoms with E-state index in [2.05, 4.69) is 22.4 Å². The summed E-state index contributed by atoms with van der Waals surface area (Å²) >= 11 is 8.91. The van der Waals surface area contributed by atoms with Gasteiger partial charge in [0.2, 0.25) is 5.13 Å². The minimum atomic E-state index is -0.260. The molecular formula is C17H16ClN3O2S2. The molecule has 0 unspecified atom stereocenters. The van der Waals surface area contributed by atoms with Crippen LogP contribution in [0, 0.1) is 6.92 Å². The summed E-state index contributed by atoms with van der Waals surface area (Å²) in [5, 5.41) is 12.0. The van der Waals surface area contributed by atoms with Crippen molar-refractivity contribution in [3.8, 4) is 11.3 Å². The topological polar surface area (TPSA) is 68.0 Å². The number of benzene rings is 1. The first kappa shape index (κ1) is 18.0. The highest BCUT2D eigenvalue weighted by Crippen LogP contribution is 2.29. The number of hydrogen-bond donors (Lipinski definition) is 1. The van der Waals surface area contributed by atoms with Crippen molar-refractivity contribution in [2.45, 2.75) is 24.6 Å². The van der Waals surface area contributed by atoms with Crippen molar-refractivity contribution in [3.63, 3.8) is 0 Å². The smallest absolute Gasteiger partial charge is 0.261 e. The standard InChI is InChI=1S/C17H16ClN3O2S2/c1-3-8-24-17-21-20-16(25-17)19-15(22)13-9-14(23-10(13)2)11-4-6-12(18)7-5-11/h4-7,9H,3,8H2,1-2H3,(H,19,20,22). The van der Waals surface area contributed by atoms with Gasteiger partial charge in [0.05, 0.1) is 5.56 Å². The highest BCUT2D eigenvalue weighted by Gasteiger charge is 2.17. The zero-order chi connectivity index (χ0) is 17.8. The van der Waals surface area contributed by atoms with Gasteiger partial charge in [-0.05, 0) is 43.7 Å². The van der Waals surface area contributed by atoms with Gasteiger partial charge in [0.15, 0.2) is 4.34 Å². The maximum atomic E-state index is 12.5. The third-order valence-corrected chi connectivity index (χ3v) is 5.78. The molecule has 2 heterocycles. The van der Waals surface area contributed by atoms with Crippen molar-refractivity contribution < 1.29 is 9.21 Å². The molecule has 0 atom stereocenters. The van der Waals surface area contributed by atoms with E-state index >= 15 is 0 Å². The molecule has 3 aromatic rings. The van der Waals surface area contributed by atoms with E-state index in [1.54, 1.807) is 36.9 Å². The van der Waals surface area contributed by atoms with Gasteiger partial charge in [-0.3, -0.25) is 10.1 Å². The van der Waals surface area contributed by atoms with Gasteiger partial charge in [-0.25, -0.2) is 0 Å². The predicted molar refractivity (Wildman–Crippen MR) is 103 cm³/mol. The fourth-order valence-corrected chi connectivity index (χ4v) is 3.93. The summed E-state index contributed by atoms with van der Waals surface area (Å²) in [6.45, 7) is 3.87. The first-order valence-electron chi connectivity index (χ1n) is 7.71. The van der Waals surface area contributed by atoms with Crippen LogP contribution >= 0.6 is 34.7 Å². The van der Waals surface area contributed by atoms with Crippen LogP contribution in [0.4, 0.5) is 5.13 Å². The molecule has 0 fully saturated rings. The molecule has 8 heteroatoms. The minimum absolute atomic E-state index is 0.260. The lowest BCUT2D eigenvalue weighted by molar-refractivity contribution is 0.102. The zero-order valence-corrected chi connectivity index (χ0v) is 16.1. The van der Waals surface area contributed by atoms with Gasteiger partial charge in [-0.1, -0.05) is 41.6 Å². The van der Waals surface area contributed by atoms with Gasteiger partial charge in [-0.15, -0.1) is 10.2 Å². The summed E-state index contributed by atoms with van der Waals surface area (Å²) in [5.41, 5.74) is 1.34. The lowest BCUT2D eigenvalue weighted by Gasteiger charge is -1.98. The Balaban J connectivity index is 1.74. The van der Waals surface area contributed by atoms with Crippen molar-refractivity contribution in [2.24, 2.45) is 0 Å². The Morgan fingerprint density at radius 1 is 1.32 bits per heavy atom. The molecule has 0 bridgehead atoms. The quantitative estimate of drug-likeness (QED) is 0.441. The summed E-state index contributed by atoms with van der Waals surface area (Å²) in [4.78, 5) is 12.5. The Kier molecular flexibility index (Phi) is 5.78. The maximum absolute atomic E-state index is 12.5. The number of aromatic nitrogens is 2. The molecule has 130 valence electrons. The average molecular weight is 394 g/mol. The molecule has 0 saturated carbocycles. The molecule has 0 spiro atoms. The number of nitrogens with one attached hydrogen (secondary N) is 1. The molecule has 5 nitrogen and oxygen atoms in total. The lowest BCUT2D eigenvalue weighted by Crippen LogP contribution is -2.11. The average Bonchev–Trinajstić information content (AvgIpc) is 3.20. The van der Waals surface area contributed by atoms with Crippen molar-refractivity contribution in [3.05, 3.63) is 46.7 Å². The van der Waals surface area contributed by atoms with E-state index in [1.165, 1.54) is 11.3 Å². The van der Waals surface area contributed by atoms with Gasteiger partial charge >= 0.3 is 0 Å². The number of carbonyl (C=O) groups excluding carboxylic acids is 1. The van der Waals surface area contributed by atoms with Crippen LogP contribution in [0.15, 0.2) is 39.1 Å². The molecule has 25 heavy (non-hydrogen) atoms.